The minimum absolute atomic E-state index is 0.223. The number of carbonyl (C=O) groups excluding carboxylic acids is 1. The van der Waals surface area contributed by atoms with Crippen molar-refractivity contribution in [2.24, 2.45) is 5.41 Å². The Labute approximate surface area is 154 Å². The summed E-state index contributed by atoms with van der Waals surface area (Å²) in [5.41, 5.74) is 3.00. The first kappa shape index (κ1) is 17.2. The molecule has 1 spiro atoms. The molecule has 2 aromatic rings. The molecule has 0 aliphatic carbocycles. The van der Waals surface area contributed by atoms with Crippen LogP contribution in [0.3, 0.4) is 0 Å². The number of amides is 1. The Morgan fingerprint density at radius 3 is 2.85 bits per heavy atom. The Balaban J connectivity index is 1.45. The highest BCUT2D eigenvalue weighted by molar-refractivity contribution is 5.85. The maximum Gasteiger partial charge on any atom is 0.230 e. The van der Waals surface area contributed by atoms with Crippen molar-refractivity contribution in [3.63, 3.8) is 0 Å². The van der Waals surface area contributed by atoms with Crippen LogP contribution in [0.1, 0.15) is 41.8 Å². The average Bonchev–Trinajstić information content (AvgIpc) is 3.12. The van der Waals surface area contributed by atoms with E-state index >= 15 is 0 Å². The molecule has 4 heterocycles. The lowest BCUT2D eigenvalue weighted by molar-refractivity contribution is -0.139. The smallest absolute Gasteiger partial charge is 0.230 e. The Bertz CT molecular complexity index is 769. The molecule has 0 radical (unpaired) electrons. The molecule has 4 rings (SSSR count). The fourth-order valence-electron chi connectivity index (χ4n) is 4.45. The monoisotopic (exact) mass is 354 g/mol. The van der Waals surface area contributed by atoms with Gasteiger partial charge in [0.05, 0.1) is 11.1 Å². The standard InChI is InChI=1S/C20H26N4O2/c1-15-18(16(2)26-22-15)13-23-9-4-6-20(14-23)7-10-24(19(20)25)12-17-5-3-8-21-11-17/h3,5,8,11H,4,6-7,9-10,12-14H2,1-2H3/t20-/m1/s1. The van der Waals surface area contributed by atoms with E-state index in [1.807, 2.05) is 37.1 Å². The predicted molar refractivity (Wildman–Crippen MR) is 97.2 cm³/mol. The lowest BCUT2D eigenvalue weighted by Gasteiger charge is -2.39. The van der Waals surface area contributed by atoms with Crippen molar-refractivity contribution in [3.05, 3.63) is 47.1 Å². The van der Waals surface area contributed by atoms with Gasteiger partial charge in [0.15, 0.2) is 0 Å². The molecule has 2 aromatic heterocycles. The minimum Gasteiger partial charge on any atom is -0.361 e. The summed E-state index contributed by atoms with van der Waals surface area (Å²) in [7, 11) is 0. The van der Waals surface area contributed by atoms with Crippen LogP contribution in [0.5, 0.6) is 0 Å². The van der Waals surface area contributed by atoms with Gasteiger partial charge in [-0.15, -0.1) is 0 Å². The van der Waals surface area contributed by atoms with Crippen LogP contribution in [0.2, 0.25) is 0 Å². The Kier molecular flexibility index (Phi) is 4.53. The van der Waals surface area contributed by atoms with Crippen LogP contribution in [0.25, 0.3) is 0 Å². The van der Waals surface area contributed by atoms with Crippen LogP contribution in [-0.4, -0.2) is 45.5 Å². The number of pyridine rings is 1. The van der Waals surface area contributed by atoms with Crippen molar-refractivity contribution >= 4 is 5.91 Å². The van der Waals surface area contributed by atoms with Crippen LogP contribution in [0, 0.1) is 19.3 Å². The van der Waals surface area contributed by atoms with E-state index in [0.29, 0.717) is 12.5 Å². The number of aromatic nitrogens is 2. The molecule has 0 bridgehead atoms. The first-order valence-corrected chi connectivity index (χ1v) is 9.40. The predicted octanol–water partition coefficient (Wildman–Crippen LogP) is 2.70. The van der Waals surface area contributed by atoms with Crippen molar-refractivity contribution in [1.29, 1.82) is 0 Å². The molecule has 26 heavy (non-hydrogen) atoms. The number of hydrogen-bond donors (Lipinski definition) is 0. The van der Waals surface area contributed by atoms with E-state index in [2.05, 4.69) is 15.0 Å². The largest absolute Gasteiger partial charge is 0.361 e. The summed E-state index contributed by atoms with van der Waals surface area (Å²) in [6, 6.07) is 3.97. The second-order valence-electron chi connectivity index (χ2n) is 7.74. The summed E-state index contributed by atoms with van der Waals surface area (Å²) in [6.07, 6.45) is 6.63. The number of hydrogen-bond acceptors (Lipinski definition) is 5. The van der Waals surface area contributed by atoms with Crippen molar-refractivity contribution in [2.45, 2.75) is 46.2 Å². The SMILES string of the molecule is Cc1noc(C)c1CN1CCC[C@@]2(CCN(Cc3cccnc3)C2=O)C1. The minimum atomic E-state index is -0.223. The highest BCUT2D eigenvalue weighted by Crippen LogP contribution is 2.41. The molecule has 1 amide bonds. The molecule has 138 valence electrons. The number of likely N-dealkylation sites (tertiary alicyclic amines) is 2. The molecule has 0 unspecified atom stereocenters. The zero-order valence-electron chi connectivity index (χ0n) is 15.6. The molecular formula is C20H26N4O2. The lowest BCUT2D eigenvalue weighted by Crippen LogP contribution is -2.47. The molecule has 6 heteroatoms. The Hall–Kier alpha value is -2.21. The Morgan fingerprint density at radius 2 is 2.12 bits per heavy atom. The quantitative estimate of drug-likeness (QED) is 0.845. The highest BCUT2D eigenvalue weighted by Gasteiger charge is 2.48. The third-order valence-electron chi connectivity index (χ3n) is 5.92. The molecule has 1 atom stereocenters. The molecule has 0 saturated carbocycles. The fraction of sp³-hybridized carbons (Fsp3) is 0.550. The van der Waals surface area contributed by atoms with E-state index in [0.717, 1.165) is 62.5 Å². The summed E-state index contributed by atoms with van der Waals surface area (Å²) >= 11 is 0. The van der Waals surface area contributed by atoms with E-state index in [1.54, 1.807) is 6.20 Å². The summed E-state index contributed by atoms with van der Waals surface area (Å²) in [5.74, 6) is 1.20. The summed E-state index contributed by atoms with van der Waals surface area (Å²) in [5, 5.41) is 4.06. The Morgan fingerprint density at radius 1 is 1.23 bits per heavy atom. The summed E-state index contributed by atoms with van der Waals surface area (Å²) in [4.78, 5) is 21.8. The fourth-order valence-corrected chi connectivity index (χ4v) is 4.45. The molecule has 0 N–H and O–H groups in total. The van der Waals surface area contributed by atoms with Gasteiger partial charge < -0.3 is 9.42 Å². The summed E-state index contributed by atoms with van der Waals surface area (Å²) in [6.45, 7) is 8.14. The average molecular weight is 354 g/mol. The van der Waals surface area contributed by atoms with Gasteiger partial charge in [-0.2, -0.15) is 0 Å². The zero-order valence-corrected chi connectivity index (χ0v) is 15.6. The van der Waals surface area contributed by atoms with Gasteiger partial charge in [-0.05, 0) is 51.3 Å². The van der Waals surface area contributed by atoms with E-state index in [4.69, 9.17) is 4.52 Å². The van der Waals surface area contributed by atoms with Gasteiger partial charge in [-0.25, -0.2) is 0 Å². The third-order valence-corrected chi connectivity index (χ3v) is 5.92. The number of carbonyl (C=O) groups is 1. The van der Waals surface area contributed by atoms with Crippen molar-refractivity contribution in [2.75, 3.05) is 19.6 Å². The van der Waals surface area contributed by atoms with E-state index in [1.165, 1.54) is 5.56 Å². The summed E-state index contributed by atoms with van der Waals surface area (Å²) < 4.78 is 5.30. The third kappa shape index (κ3) is 3.14. The van der Waals surface area contributed by atoms with Crippen molar-refractivity contribution in [3.8, 4) is 0 Å². The van der Waals surface area contributed by atoms with Gasteiger partial charge >= 0.3 is 0 Å². The van der Waals surface area contributed by atoms with E-state index in [-0.39, 0.29) is 5.41 Å². The number of piperidine rings is 1. The van der Waals surface area contributed by atoms with Crippen LogP contribution in [-0.2, 0) is 17.9 Å². The zero-order chi connectivity index (χ0) is 18.1. The van der Waals surface area contributed by atoms with Crippen molar-refractivity contribution < 1.29 is 9.32 Å². The second kappa shape index (κ2) is 6.83. The highest BCUT2D eigenvalue weighted by atomic mass is 16.5. The second-order valence-corrected chi connectivity index (χ2v) is 7.74. The number of aryl methyl sites for hydroxylation is 2. The molecule has 2 fully saturated rings. The van der Waals surface area contributed by atoms with Gasteiger partial charge in [0.25, 0.3) is 0 Å². The maximum atomic E-state index is 13.2. The topological polar surface area (TPSA) is 62.5 Å². The van der Waals surface area contributed by atoms with Crippen LogP contribution in [0.15, 0.2) is 29.0 Å². The molecule has 2 saturated heterocycles. The molecule has 2 aliphatic rings. The van der Waals surface area contributed by atoms with Gasteiger partial charge in [0.1, 0.15) is 5.76 Å². The van der Waals surface area contributed by atoms with Crippen molar-refractivity contribution in [1.82, 2.24) is 19.9 Å². The van der Waals surface area contributed by atoms with Gasteiger partial charge in [-0.3, -0.25) is 14.7 Å². The molecular weight excluding hydrogens is 328 g/mol. The normalized spacial score (nSPS) is 23.9. The van der Waals surface area contributed by atoms with Gasteiger partial charge in [0, 0.05) is 44.1 Å². The van der Waals surface area contributed by atoms with Gasteiger partial charge in [-0.1, -0.05) is 11.2 Å². The first-order chi connectivity index (χ1) is 12.6. The van der Waals surface area contributed by atoms with E-state index in [9.17, 15) is 4.79 Å². The first-order valence-electron chi connectivity index (χ1n) is 9.40. The van der Waals surface area contributed by atoms with Crippen LogP contribution in [0.4, 0.5) is 0 Å². The van der Waals surface area contributed by atoms with Gasteiger partial charge in [0.2, 0.25) is 5.91 Å². The molecule has 0 aromatic carbocycles. The number of rotatable bonds is 4. The van der Waals surface area contributed by atoms with Crippen LogP contribution >= 0.6 is 0 Å². The maximum absolute atomic E-state index is 13.2. The van der Waals surface area contributed by atoms with Crippen LogP contribution < -0.4 is 0 Å². The van der Waals surface area contributed by atoms with E-state index < -0.39 is 0 Å². The molecule has 2 aliphatic heterocycles. The number of nitrogens with zero attached hydrogens (tertiary/aromatic N) is 4. The lowest BCUT2D eigenvalue weighted by atomic mass is 9.78. The molecule has 6 nitrogen and oxygen atoms in total.